The Balaban J connectivity index is 3.56. The van der Waals surface area contributed by atoms with Crippen LogP contribution >= 0.6 is 0 Å². The molecule has 1 aliphatic carbocycles. The van der Waals surface area contributed by atoms with Gasteiger partial charge in [-0.25, -0.2) is 5.14 Å². The predicted molar refractivity (Wildman–Crippen MR) is 112 cm³/mol. The lowest BCUT2D eigenvalue weighted by molar-refractivity contribution is -0.120. The molecule has 1 amide bonds. The van der Waals surface area contributed by atoms with E-state index >= 15 is 0 Å². The van der Waals surface area contributed by atoms with Crippen LogP contribution < -0.4 is 10.5 Å². The number of nitrogens with two attached hydrogens (primary N) is 1. The number of nitrogens with zero attached hydrogens (tertiary/aromatic N) is 2. The van der Waals surface area contributed by atoms with Gasteiger partial charge < -0.3 is 15.0 Å². The summed E-state index contributed by atoms with van der Waals surface area (Å²) in [6.07, 6.45) is 1.66. The minimum Gasteiger partial charge on any atom is -0.385 e. The molecule has 28 heavy (non-hydrogen) atoms. The number of likely N-dealkylation sites (N-methyl/N-ethyl adjacent to an activating group) is 1. The molecule has 0 aromatic carbocycles. The molecule has 0 fully saturated rings. The summed E-state index contributed by atoms with van der Waals surface area (Å²) in [5.74, 6) is -0.291. The summed E-state index contributed by atoms with van der Waals surface area (Å²) in [4.78, 5) is 14.4. The molecule has 0 radical (unpaired) electrons. The van der Waals surface area contributed by atoms with Crippen LogP contribution in [0.3, 0.4) is 0 Å². The summed E-state index contributed by atoms with van der Waals surface area (Å²) in [5, 5.41) is 8.21. The van der Waals surface area contributed by atoms with Crippen LogP contribution in [0.4, 0.5) is 0 Å². The number of allylic oxidation sites excluding steroid dienone is 3. The van der Waals surface area contributed by atoms with E-state index < -0.39 is 10.2 Å². The van der Waals surface area contributed by atoms with Gasteiger partial charge in [0.2, 0.25) is 5.91 Å². The molecule has 9 heteroatoms. The second-order valence-electron chi connectivity index (χ2n) is 7.00. The number of hydrogen-bond acceptors (Lipinski definition) is 5. The molecule has 3 N–H and O–H groups in total. The molecule has 0 aromatic heterocycles. The van der Waals surface area contributed by atoms with Gasteiger partial charge in [0.15, 0.2) is 0 Å². The Hall–Kier alpha value is -1.71. The van der Waals surface area contributed by atoms with Crippen LogP contribution in [0.1, 0.15) is 53.9 Å². The Morgan fingerprint density at radius 1 is 1.32 bits per heavy atom. The normalized spacial score (nSPS) is 19.8. The van der Waals surface area contributed by atoms with Gasteiger partial charge in [-0.05, 0) is 44.8 Å². The molecule has 0 spiro atoms. The fourth-order valence-corrected chi connectivity index (χ4v) is 3.97. The van der Waals surface area contributed by atoms with E-state index in [1.54, 1.807) is 14.0 Å². The van der Waals surface area contributed by atoms with Gasteiger partial charge in [0.25, 0.3) is 0 Å². The molecule has 1 rings (SSSR count). The van der Waals surface area contributed by atoms with Gasteiger partial charge in [0.05, 0.1) is 11.4 Å². The average Bonchev–Trinajstić information content (AvgIpc) is 2.69. The van der Waals surface area contributed by atoms with E-state index in [4.69, 9.17) is 9.88 Å². The predicted octanol–water partition coefficient (Wildman–Crippen LogP) is 2.10. The summed E-state index contributed by atoms with van der Waals surface area (Å²) >= 11 is 0. The highest BCUT2D eigenvalue weighted by molar-refractivity contribution is 7.88. The van der Waals surface area contributed by atoms with Gasteiger partial charge in [-0.15, -0.1) is 0 Å². The first kappa shape index (κ1) is 24.3. The third-order valence-corrected chi connectivity index (χ3v) is 5.33. The maximum Gasteiger partial charge on any atom is 0.317 e. The molecule has 0 aliphatic heterocycles. The molecule has 1 aliphatic rings. The van der Waals surface area contributed by atoms with E-state index in [1.807, 2.05) is 20.8 Å². The Bertz CT molecular complexity index is 769. The fraction of sp³-hybridized carbons (Fsp3) is 0.684. The largest absolute Gasteiger partial charge is 0.385 e. The van der Waals surface area contributed by atoms with Crippen molar-refractivity contribution in [3.8, 4) is 0 Å². The highest BCUT2D eigenvalue weighted by Crippen LogP contribution is 2.32. The number of amides is 1. The topological polar surface area (TPSA) is 114 Å². The summed E-state index contributed by atoms with van der Waals surface area (Å²) in [5.41, 5.74) is 3.80. The van der Waals surface area contributed by atoms with E-state index in [-0.39, 0.29) is 11.8 Å². The van der Waals surface area contributed by atoms with E-state index in [0.29, 0.717) is 25.2 Å². The molecular weight excluding hydrogens is 380 g/mol. The molecule has 8 nitrogen and oxygen atoms in total. The quantitative estimate of drug-likeness (QED) is 0.561. The van der Waals surface area contributed by atoms with E-state index in [9.17, 15) is 13.2 Å². The van der Waals surface area contributed by atoms with Crippen molar-refractivity contribution in [1.29, 1.82) is 0 Å². The molecule has 1 unspecified atom stereocenters. The Kier molecular flexibility index (Phi) is 9.32. The summed E-state index contributed by atoms with van der Waals surface area (Å²) in [7, 11) is -2.35. The van der Waals surface area contributed by atoms with Crippen molar-refractivity contribution in [1.82, 2.24) is 10.2 Å². The monoisotopic (exact) mass is 414 g/mol. The highest BCUT2D eigenvalue weighted by atomic mass is 32.2. The molecular formula is C19H34N4O4S. The van der Waals surface area contributed by atoms with Crippen LogP contribution in [0.5, 0.6) is 0 Å². The smallest absolute Gasteiger partial charge is 0.317 e. The minimum atomic E-state index is -4.02. The Morgan fingerprint density at radius 3 is 2.46 bits per heavy atom. The van der Waals surface area contributed by atoms with Crippen molar-refractivity contribution in [3.05, 3.63) is 22.5 Å². The Morgan fingerprint density at radius 2 is 1.96 bits per heavy atom. The van der Waals surface area contributed by atoms with Crippen molar-refractivity contribution in [2.75, 3.05) is 26.8 Å². The lowest BCUT2D eigenvalue weighted by Gasteiger charge is -2.29. The molecule has 160 valence electrons. The second kappa shape index (κ2) is 10.7. The molecule has 0 heterocycles. The number of carbonyl (C=O) groups is 1. The van der Waals surface area contributed by atoms with E-state index in [2.05, 4.69) is 21.5 Å². The van der Waals surface area contributed by atoms with Crippen molar-refractivity contribution < 1.29 is 17.9 Å². The maximum absolute atomic E-state index is 12.2. The standard InChI is InChI=1S/C19H34N4O4S/c1-7-17(24)21-16-12-13(3)18(22-28(20,25)26)14(4)15(5)19(16)23(8-2)10-9-11-27-6/h13H,7-12H2,1-6H3,(H,21,24)(H2,20,25,26). The summed E-state index contributed by atoms with van der Waals surface area (Å²) < 4.78 is 32.2. The van der Waals surface area contributed by atoms with Gasteiger partial charge in [-0.1, -0.05) is 13.8 Å². The number of ether oxygens (including phenoxy) is 1. The van der Waals surface area contributed by atoms with Crippen molar-refractivity contribution in [2.45, 2.75) is 53.9 Å². The third kappa shape index (κ3) is 6.72. The first-order chi connectivity index (χ1) is 13.1. The Labute approximate surface area is 169 Å². The van der Waals surface area contributed by atoms with Crippen LogP contribution in [0.25, 0.3) is 0 Å². The van der Waals surface area contributed by atoms with E-state index in [1.165, 1.54) is 0 Å². The molecule has 1 atom stereocenters. The summed E-state index contributed by atoms with van der Waals surface area (Å²) in [6.45, 7) is 11.7. The van der Waals surface area contributed by atoms with Gasteiger partial charge in [0, 0.05) is 44.8 Å². The zero-order chi connectivity index (χ0) is 21.5. The number of rotatable bonds is 9. The van der Waals surface area contributed by atoms with Crippen LogP contribution in [0.15, 0.2) is 26.9 Å². The number of hydrogen-bond donors (Lipinski definition) is 2. The number of nitrogens with one attached hydrogen (secondary N) is 1. The first-order valence-corrected chi connectivity index (χ1v) is 11.1. The first-order valence-electron chi connectivity index (χ1n) is 9.63. The SMILES string of the molecule is CCC(=O)NC1=C(N(CC)CCCOC)C(C)=C(C)C(=NS(N)(=O)=O)C(C)C1. The van der Waals surface area contributed by atoms with Crippen molar-refractivity contribution in [3.63, 3.8) is 0 Å². The summed E-state index contributed by atoms with van der Waals surface area (Å²) in [6, 6.07) is 0. The second-order valence-corrected chi connectivity index (χ2v) is 8.21. The lowest BCUT2D eigenvalue weighted by atomic mass is 9.96. The maximum atomic E-state index is 12.2. The van der Waals surface area contributed by atoms with Crippen LogP contribution in [-0.2, 0) is 19.7 Å². The molecule has 0 saturated heterocycles. The zero-order valence-corrected chi connectivity index (χ0v) is 18.6. The molecule has 0 aromatic rings. The van der Waals surface area contributed by atoms with Gasteiger partial charge in [-0.3, -0.25) is 4.79 Å². The minimum absolute atomic E-state index is 0.0788. The van der Waals surface area contributed by atoms with Crippen LogP contribution in [0.2, 0.25) is 0 Å². The van der Waals surface area contributed by atoms with Gasteiger partial charge in [0.1, 0.15) is 0 Å². The zero-order valence-electron chi connectivity index (χ0n) is 17.8. The third-order valence-electron chi connectivity index (χ3n) is 4.88. The number of methoxy groups -OCH3 is 1. The fourth-order valence-electron chi connectivity index (χ4n) is 3.38. The van der Waals surface area contributed by atoms with Gasteiger partial charge in [-0.2, -0.15) is 12.8 Å². The van der Waals surface area contributed by atoms with Crippen LogP contribution in [0, 0.1) is 5.92 Å². The van der Waals surface area contributed by atoms with Crippen molar-refractivity contribution >= 4 is 21.8 Å². The highest BCUT2D eigenvalue weighted by Gasteiger charge is 2.28. The average molecular weight is 415 g/mol. The molecule has 0 bridgehead atoms. The van der Waals surface area contributed by atoms with E-state index in [0.717, 1.165) is 42.1 Å². The van der Waals surface area contributed by atoms with Gasteiger partial charge >= 0.3 is 10.2 Å². The van der Waals surface area contributed by atoms with Crippen LogP contribution in [-0.4, -0.2) is 51.7 Å². The lowest BCUT2D eigenvalue weighted by Crippen LogP contribution is -2.32. The molecule has 0 saturated carbocycles. The van der Waals surface area contributed by atoms with Crippen molar-refractivity contribution in [2.24, 2.45) is 15.5 Å². The number of carbonyl (C=O) groups excluding carboxylic acids is 1.